The summed E-state index contributed by atoms with van der Waals surface area (Å²) >= 11 is 0. The minimum atomic E-state index is -0.408. The summed E-state index contributed by atoms with van der Waals surface area (Å²) in [4.78, 5) is 15.3. The van der Waals surface area contributed by atoms with Crippen LogP contribution in [0.3, 0.4) is 0 Å². The monoisotopic (exact) mass is 373 g/mol. The first-order valence-corrected chi connectivity index (χ1v) is 9.79. The molecule has 2 atom stereocenters. The molecule has 2 aliphatic heterocycles. The van der Waals surface area contributed by atoms with Gasteiger partial charge in [0.05, 0.1) is 6.20 Å². The van der Waals surface area contributed by atoms with E-state index in [1.165, 1.54) is 16.7 Å². The van der Waals surface area contributed by atoms with Gasteiger partial charge >= 0.3 is 0 Å². The van der Waals surface area contributed by atoms with Crippen LogP contribution in [0.2, 0.25) is 0 Å². The zero-order valence-corrected chi connectivity index (χ0v) is 15.9. The second-order valence-electron chi connectivity index (χ2n) is 7.67. The fourth-order valence-electron chi connectivity index (χ4n) is 4.38. The summed E-state index contributed by atoms with van der Waals surface area (Å²) in [5.41, 5.74) is 4.81. The van der Waals surface area contributed by atoms with Gasteiger partial charge in [-0.2, -0.15) is 5.10 Å². The van der Waals surface area contributed by atoms with Crippen LogP contribution in [0.15, 0.2) is 60.9 Å². The van der Waals surface area contributed by atoms with Crippen LogP contribution in [-0.2, 0) is 24.8 Å². The van der Waals surface area contributed by atoms with Crippen LogP contribution in [0, 0.1) is 0 Å². The van der Waals surface area contributed by atoms with Gasteiger partial charge in [-0.15, -0.1) is 0 Å². The van der Waals surface area contributed by atoms with Crippen LogP contribution in [-0.4, -0.2) is 33.2 Å². The molecular weight excluding hydrogens is 350 g/mol. The van der Waals surface area contributed by atoms with Crippen molar-refractivity contribution in [2.45, 2.75) is 31.4 Å². The second kappa shape index (κ2) is 6.82. The first-order chi connectivity index (χ1) is 13.7. The van der Waals surface area contributed by atoms with Gasteiger partial charge in [-0.25, -0.2) is 0 Å². The molecular formula is C23H23N3O2. The van der Waals surface area contributed by atoms with Gasteiger partial charge in [0.15, 0.2) is 6.10 Å². The number of hydrogen-bond acceptors (Lipinski definition) is 3. The van der Waals surface area contributed by atoms with Crippen molar-refractivity contribution in [2.24, 2.45) is 7.05 Å². The smallest absolute Gasteiger partial charge is 0.263 e. The first-order valence-electron chi connectivity index (χ1n) is 9.79. The highest BCUT2D eigenvalue weighted by Crippen LogP contribution is 2.35. The van der Waals surface area contributed by atoms with E-state index in [1.807, 2.05) is 53.3 Å². The van der Waals surface area contributed by atoms with Gasteiger partial charge < -0.3 is 9.64 Å². The van der Waals surface area contributed by atoms with Crippen LogP contribution >= 0.6 is 0 Å². The van der Waals surface area contributed by atoms with Crippen molar-refractivity contribution in [2.75, 3.05) is 6.54 Å². The lowest BCUT2D eigenvalue weighted by atomic mass is 9.85. The molecule has 0 aliphatic carbocycles. The molecule has 2 aromatic carbocycles. The van der Waals surface area contributed by atoms with Crippen LogP contribution in [0.25, 0.3) is 0 Å². The number of fused-ring (bicyclic) bond motifs is 2. The maximum Gasteiger partial charge on any atom is 0.263 e. The molecule has 3 aromatic rings. The van der Waals surface area contributed by atoms with E-state index in [-0.39, 0.29) is 11.8 Å². The van der Waals surface area contributed by atoms with Gasteiger partial charge in [0.1, 0.15) is 5.75 Å². The Kier molecular flexibility index (Phi) is 4.15. The van der Waals surface area contributed by atoms with Gasteiger partial charge in [-0.3, -0.25) is 9.48 Å². The van der Waals surface area contributed by atoms with Crippen LogP contribution in [0.1, 0.15) is 34.6 Å². The summed E-state index contributed by atoms with van der Waals surface area (Å²) < 4.78 is 7.89. The molecule has 0 fully saturated rings. The number of benzene rings is 2. The summed E-state index contributed by atoms with van der Waals surface area (Å²) in [7, 11) is 1.93. The minimum Gasteiger partial charge on any atom is -0.480 e. The van der Waals surface area contributed by atoms with E-state index >= 15 is 0 Å². The fraction of sp³-hybridized carbons (Fsp3) is 0.304. The Bertz CT molecular complexity index is 1030. The molecule has 5 nitrogen and oxygen atoms in total. The Morgan fingerprint density at radius 2 is 1.89 bits per heavy atom. The molecule has 5 heteroatoms. The molecule has 5 rings (SSSR count). The summed E-state index contributed by atoms with van der Waals surface area (Å²) in [5, 5.41) is 4.34. The number of para-hydroxylation sites is 1. The lowest BCUT2D eigenvalue weighted by Crippen LogP contribution is -2.46. The molecule has 28 heavy (non-hydrogen) atoms. The lowest BCUT2D eigenvalue weighted by molar-refractivity contribution is -0.140. The predicted molar refractivity (Wildman–Crippen MR) is 106 cm³/mol. The summed E-state index contributed by atoms with van der Waals surface area (Å²) in [6.45, 7) is 1.29. The number of hydrogen-bond donors (Lipinski definition) is 0. The van der Waals surface area contributed by atoms with Gasteiger partial charge in [0, 0.05) is 32.3 Å². The van der Waals surface area contributed by atoms with E-state index in [2.05, 4.69) is 29.4 Å². The standard InChI is InChI=1S/C23H23N3O2/c1-25-13-18(12-24-25)20-15-26(14-17-7-2-4-8-19(17)20)23(27)22-11-10-16-6-3-5-9-21(16)28-22/h2-9,12-13,20,22H,10-11,14-15H2,1H3. The Hall–Kier alpha value is -3.08. The summed E-state index contributed by atoms with van der Waals surface area (Å²) in [6, 6.07) is 16.4. The van der Waals surface area contributed by atoms with E-state index < -0.39 is 6.10 Å². The Morgan fingerprint density at radius 3 is 2.71 bits per heavy atom. The molecule has 1 aromatic heterocycles. The number of aryl methyl sites for hydroxylation is 2. The largest absolute Gasteiger partial charge is 0.480 e. The quantitative estimate of drug-likeness (QED) is 0.693. The molecule has 0 saturated carbocycles. The molecule has 142 valence electrons. The zero-order valence-electron chi connectivity index (χ0n) is 15.9. The third-order valence-corrected chi connectivity index (χ3v) is 5.83. The van der Waals surface area contributed by atoms with Crippen molar-refractivity contribution in [3.8, 4) is 5.75 Å². The average molecular weight is 373 g/mol. The van der Waals surface area contributed by atoms with Crippen LogP contribution in [0.5, 0.6) is 5.75 Å². The average Bonchev–Trinajstić information content (AvgIpc) is 3.18. The van der Waals surface area contributed by atoms with Gasteiger partial charge in [-0.05, 0) is 41.2 Å². The van der Waals surface area contributed by atoms with Crippen molar-refractivity contribution >= 4 is 5.91 Å². The molecule has 2 unspecified atom stereocenters. The van der Waals surface area contributed by atoms with Crippen molar-refractivity contribution in [1.29, 1.82) is 0 Å². The maximum absolute atomic E-state index is 13.3. The number of carbonyl (C=O) groups excluding carboxylic acids is 1. The predicted octanol–water partition coefficient (Wildman–Crippen LogP) is 3.29. The molecule has 0 N–H and O–H groups in total. The molecule has 0 radical (unpaired) electrons. The Morgan fingerprint density at radius 1 is 1.11 bits per heavy atom. The third kappa shape index (κ3) is 2.97. The molecule has 0 bridgehead atoms. The Labute approximate surface area is 164 Å². The summed E-state index contributed by atoms with van der Waals surface area (Å²) in [5.74, 6) is 1.06. The van der Waals surface area contributed by atoms with Gasteiger partial charge in [-0.1, -0.05) is 42.5 Å². The molecule has 0 saturated heterocycles. The van der Waals surface area contributed by atoms with E-state index in [1.54, 1.807) is 0 Å². The van der Waals surface area contributed by atoms with Gasteiger partial charge in [0.25, 0.3) is 5.91 Å². The Balaban J connectivity index is 1.42. The SMILES string of the molecule is Cn1cc(C2CN(C(=O)C3CCc4ccccc4O3)Cc3ccccc32)cn1. The first kappa shape index (κ1) is 17.0. The number of amides is 1. The normalized spacial score (nSPS) is 20.8. The lowest BCUT2D eigenvalue weighted by Gasteiger charge is -2.37. The second-order valence-corrected chi connectivity index (χ2v) is 7.67. The zero-order chi connectivity index (χ0) is 19.1. The van der Waals surface area contributed by atoms with E-state index in [0.29, 0.717) is 13.1 Å². The van der Waals surface area contributed by atoms with Crippen molar-refractivity contribution < 1.29 is 9.53 Å². The number of aromatic nitrogens is 2. The summed E-state index contributed by atoms with van der Waals surface area (Å²) in [6.07, 6.45) is 5.15. The third-order valence-electron chi connectivity index (χ3n) is 5.83. The van der Waals surface area contributed by atoms with Crippen LogP contribution < -0.4 is 4.74 Å². The van der Waals surface area contributed by atoms with E-state index in [4.69, 9.17) is 4.74 Å². The van der Waals surface area contributed by atoms with Crippen molar-refractivity contribution in [3.05, 3.63) is 83.2 Å². The highest BCUT2D eigenvalue weighted by molar-refractivity contribution is 5.82. The van der Waals surface area contributed by atoms with Gasteiger partial charge in [0.2, 0.25) is 0 Å². The molecule has 2 aliphatic rings. The maximum atomic E-state index is 13.3. The molecule has 0 spiro atoms. The fourth-order valence-corrected chi connectivity index (χ4v) is 4.38. The highest BCUT2D eigenvalue weighted by atomic mass is 16.5. The number of carbonyl (C=O) groups is 1. The number of ether oxygens (including phenoxy) is 1. The molecule has 3 heterocycles. The minimum absolute atomic E-state index is 0.0814. The number of nitrogens with zero attached hydrogens (tertiary/aromatic N) is 3. The topological polar surface area (TPSA) is 47.4 Å². The number of rotatable bonds is 2. The van der Waals surface area contributed by atoms with Crippen molar-refractivity contribution in [1.82, 2.24) is 14.7 Å². The highest BCUT2D eigenvalue weighted by Gasteiger charge is 2.35. The van der Waals surface area contributed by atoms with Crippen molar-refractivity contribution in [3.63, 3.8) is 0 Å². The van der Waals surface area contributed by atoms with E-state index in [0.717, 1.165) is 24.2 Å². The molecule has 1 amide bonds. The van der Waals surface area contributed by atoms with Crippen LogP contribution in [0.4, 0.5) is 0 Å². The van der Waals surface area contributed by atoms with E-state index in [9.17, 15) is 4.79 Å².